The largest absolute Gasteiger partial charge is 0.493 e. The van der Waals surface area contributed by atoms with Crippen molar-refractivity contribution in [3.8, 4) is 11.5 Å². The third-order valence-electron chi connectivity index (χ3n) is 2.40. The van der Waals surface area contributed by atoms with Gasteiger partial charge < -0.3 is 14.6 Å². The second-order valence-electron chi connectivity index (χ2n) is 3.38. The summed E-state index contributed by atoms with van der Waals surface area (Å²) in [5, 5.41) is 8.91. The van der Waals surface area contributed by atoms with Crippen molar-refractivity contribution in [2.24, 2.45) is 0 Å². The molecule has 0 spiro atoms. The van der Waals surface area contributed by atoms with E-state index in [-0.39, 0.29) is 21.5 Å². The molecule has 0 heterocycles. The van der Waals surface area contributed by atoms with E-state index in [1.807, 2.05) is 0 Å². The molecule has 1 aromatic rings. The molecule has 0 bridgehead atoms. The van der Waals surface area contributed by atoms with E-state index in [1.165, 1.54) is 21.1 Å². The Balaban J connectivity index is 3.47. The van der Waals surface area contributed by atoms with Crippen molar-refractivity contribution in [3.05, 3.63) is 21.9 Å². The van der Waals surface area contributed by atoms with Crippen molar-refractivity contribution in [1.82, 2.24) is 0 Å². The standard InChI is InChI=1S/C11H12BrFO4/c1-5(11(14)15)8-6(13)4-7(16-2)10(17-3)9(8)12/h4-5H,1-3H3,(H,14,15). The van der Waals surface area contributed by atoms with Crippen LogP contribution in [0.15, 0.2) is 10.5 Å². The zero-order chi connectivity index (χ0) is 13.2. The van der Waals surface area contributed by atoms with Crippen molar-refractivity contribution in [3.63, 3.8) is 0 Å². The average Bonchev–Trinajstić information content (AvgIpc) is 2.27. The summed E-state index contributed by atoms with van der Waals surface area (Å²) in [5.41, 5.74) is 0.0372. The SMILES string of the molecule is COc1cc(F)c(C(C)C(=O)O)c(Br)c1OC. The quantitative estimate of drug-likeness (QED) is 0.929. The van der Waals surface area contributed by atoms with Crippen LogP contribution < -0.4 is 9.47 Å². The molecule has 1 aromatic carbocycles. The van der Waals surface area contributed by atoms with Crippen LogP contribution in [-0.2, 0) is 4.79 Å². The molecule has 0 aliphatic heterocycles. The smallest absolute Gasteiger partial charge is 0.310 e. The van der Waals surface area contributed by atoms with Gasteiger partial charge in [0.2, 0.25) is 0 Å². The fraction of sp³-hybridized carbons (Fsp3) is 0.364. The van der Waals surface area contributed by atoms with Gasteiger partial charge in [-0.05, 0) is 22.9 Å². The van der Waals surface area contributed by atoms with E-state index in [9.17, 15) is 9.18 Å². The Hall–Kier alpha value is -1.30. The highest BCUT2D eigenvalue weighted by molar-refractivity contribution is 9.10. The number of rotatable bonds is 4. The first-order valence-electron chi connectivity index (χ1n) is 4.76. The summed E-state index contributed by atoms with van der Waals surface area (Å²) >= 11 is 3.14. The number of carbonyl (C=O) groups is 1. The molecule has 1 N–H and O–H groups in total. The summed E-state index contributed by atoms with van der Waals surface area (Å²) in [5.74, 6) is -2.26. The zero-order valence-corrected chi connectivity index (χ0v) is 11.2. The van der Waals surface area contributed by atoms with Crippen LogP contribution in [0, 0.1) is 5.82 Å². The Kier molecular flexibility index (Phi) is 4.34. The summed E-state index contributed by atoms with van der Waals surface area (Å²) in [6.45, 7) is 1.40. The number of halogens is 2. The lowest BCUT2D eigenvalue weighted by Gasteiger charge is -2.16. The van der Waals surface area contributed by atoms with E-state index in [0.29, 0.717) is 0 Å². The molecule has 1 unspecified atom stereocenters. The van der Waals surface area contributed by atoms with Gasteiger partial charge in [0.1, 0.15) is 5.82 Å². The summed E-state index contributed by atoms with van der Waals surface area (Å²) < 4.78 is 24.1. The number of benzene rings is 1. The molecule has 0 aliphatic carbocycles. The second-order valence-corrected chi connectivity index (χ2v) is 4.17. The molecular formula is C11H12BrFO4. The number of methoxy groups -OCH3 is 2. The predicted octanol–water partition coefficient (Wildman–Crippen LogP) is 2.79. The van der Waals surface area contributed by atoms with Crippen LogP contribution in [0.5, 0.6) is 11.5 Å². The fourth-order valence-corrected chi connectivity index (χ4v) is 2.35. The fourth-order valence-electron chi connectivity index (χ4n) is 1.46. The maximum Gasteiger partial charge on any atom is 0.310 e. The van der Waals surface area contributed by atoms with Crippen LogP contribution in [0.3, 0.4) is 0 Å². The van der Waals surface area contributed by atoms with Crippen LogP contribution in [0.2, 0.25) is 0 Å². The number of hydrogen-bond acceptors (Lipinski definition) is 3. The molecule has 0 saturated heterocycles. The first-order valence-corrected chi connectivity index (χ1v) is 5.56. The van der Waals surface area contributed by atoms with E-state index in [0.717, 1.165) is 6.07 Å². The van der Waals surface area contributed by atoms with Crippen molar-refractivity contribution >= 4 is 21.9 Å². The van der Waals surface area contributed by atoms with Crippen molar-refractivity contribution in [2.45, 2.75) is 12.8 Å². The zero-order valence-electron chi connectivity index (χ0n) is 9.58. The lowest BCUT2D eigenvalue weighted by molar-refractivity contribution is -0.138. The molecule has 4 nitrogen and oxygen atoms in total. The molecule has 17 heavy (non-hydrogen) atoms. The van der Waals surface area contributed by atoms with Gasteiger partial charge in [0.25, 0.3) is 0 Å². The Morgan fingerprint density at radius 1 is 1.47 bits per heavy atom. The molecule has 1 atom stereocenters. The molecule has 6 heteroatoms. The van der Waals surface area contributed by atoms with Gasteiger partial charge in [-0.15, -0.1) is 0 Å². The summed E-state index contributed by atoms with van der Waals surface area (Å²) in [6, 6.07) is 1.11. The Morgan fingerprint density at radius 3 is 2.47 bits per heavy atom. The van der Waals surface area contributed by atoms with E-state index in [4.69, 9.17) is 14.6 Å². The minimum atomic E-state index is -1.11. The van der Waals surface area contributed by atoms with Gasteiger partial charge >= 0.3 is 5.97 Å². The van der Waals surface area contributed by atoms with Gasteiger partial charge in [-0.25, -0.2) is 4.39 Å². The molecule has 0 aliphatic rings. The van der Waals surface area contributed by atoms with Gasteiger partial charge in [0.15, 0.2) is 11.5 Å². The van der Waals surface area contributed by atoms with Gasteiger partial charge in [-0.2, -0.15) is 0 Å². The molecule has 0 saturated carbocycles. The average molecular weight is 307 g/mol. The van der Waals surface area contributed by atoms with Gasteiger partial charge in [0, 0.05) is 11.6 Å². The highest BCUT2D eigenvalue weighted by atomic mass is 79.9. The number of ether oxygens (including phenoxy) is 2. The van der Waals surface area contributed by atoms with Crippen molar-refractivity contribution in [1.29, 1.82) is 0 Å². The van der Waals surface area contributed by atoms with E-state index in [1.54, 1.807) is 0 Å². The number of carboxylic acids is 1. The van der Waals surface area contributed by atoms with Crippen molar-refractivity contribution < 1.29 is 23.8 Å². The minimum Gasteiger partial charge on any atom is -0.493 e. The van der Waals surface area contributed by atoms with E-state index < -0.39 is 17.7 Å². The Bertz CT molecular complexity index is 448. The Labute approximate surface area is 106 Å². The number of carboxylic acid groups (broad SMARTS) is 1. The first kappa shape index (κ1) is 13.8. The van der Waals surface area contributed by atoms with Gasteiger partial charge in [0.05, 0.1) is 24.6 Å². The van der Waals surface area contributed by atoms with Crippen molar-refractivity contribution in [2.75, 3.05) is 14.2 Å². The molecule has 0 amide bonds. The summed E-state index contributed by atoms with van der Waals surface area (Å²) in [6.07, 6.45) is 0. The molecule has 0 radical (unpaired) electrons. The summed E-state index contributed by atoms with van der Waals surface area (Å²) in [4.78, 5) is 10.9. The third-order valence-corrected chi connectivity index (χ3v) is 3.19. The molecule has 0 aromatic heterocycles. The number of aliphatic carboxylic acids is 1. The minimum absolute atomic E-state index is 0.0372. The normalized spacial score (nSPS) is 12.1. The van der Waals surface area contributed by atoms with E-state index >= 15 is 0 Å². The maximum atomic E-state index is 13.8. The van der Waals surface area contributed by atoms with E-state index in [2.05, 4.69) is 15.9 Å². The third kappa shape index (κ3) is 2.52. The monoisotopic (exact) mass is 306 g/mol. The first-order chi connectivity index (χ1) is 7.93. The molecule has 1 rings (SSSR count). The van der Waals surface area contributed by atoms with Crippen LogP contribution in [0.1, 0.15) is 18.4 Å². The van der Waals surface area contributed by atoms with Crippen LogP contribution >= 0.6 is 15.9 Å². The second kappa shape index (κ2) is 5.35. The lowest BCUT2D eigenvalue weighted by Crippen LogP contribution is -2.11. The van der Waals surface area contributed by atoms with Crippen LogP contribution in [0.4, 0.5) is 4.39 Å². The number of hydrogen-bond donors (Lipinski definition) is 1. The molecular weight excluding hydrogens is 295 g/mol. The molecule has 94 valence electrons. The predicted molar refractivity (Wildman–Crippen MR) is 63.3 cm³/mol. The Morgan fingerprint density at radius 2 is 2.06 bits per heavy atom. The maximum absolute atomic E-state index is 13.8. The highest BCUT2D eigenvalue weighted by Gasteiger charge is 2.25. The summed E-state index contributed by atoms with van der Waals surface area (Å²) in [7, 11) is 2.78. The highest BCUT2D eigenvalue weighted by Crippen LogP contribution is 2.42. The topological polar surface area (TPSA) is 55.8 Å². The van der Waals surface area contributed by atoms with Gasteiger partial charge in [-0.3, -0.25) is 4.79 Å². The van der Waals surface area contributed by atoms with Crippen LogP contribution in [-0.4, -0.2) is 25.3 Å². The lowest BCUT2D eigenvalue weighted by atomic mass is 10.00. The van der Waals surface area contributed by atoms with Gasteiger partial charge in [-0.1, -0.05) is 0 Å². The van der Waals surface area contributed by atoms with Crippen LogP contribution in [0.25, 0.3) is 0 Å². The molecule has 0 fully saturated rings.